The average Bonchev–Trinajstić information content (AvgIpc) is 3.21. The zero-order chi connectivity index (χ0) is 20.9. The van der Waals surface area contributed by atoms with Gasteiger partial charge in [-0.1, -0.05) is 17.3 Å². The molecule has 29 heavy (non-hydrogen) atoms. The number of rotatable bonds is 3. The fourth-order valence-electron chi connectivity index (χ4n) is 3.32. The largest absolute Gasteiger partial charge is 0.418 e. The van der Waals surface area contributed by atoms with E-state index < -0.39 is 46.2 Å². The highest BCUT2D eigenvalue weighted by Gasteiger charge is 2.57. The van der Waals surface area contributed by atoms with Crippen molar-refractivity contribution in [2.24, 2.45) is 11.1 Å². The molecule has 1 fully saturated rings. The number of oxime groups is 1. The Kier molecular flexibility index (Phi) is 4.10. The van der Waals surface area contributed by atoms with Gasteiger partial charge in [-0.25, -0.2) is 4.90 Å². The van der Waals surface area contributed by atoms with Crippen LogP contribution in [0, 0.1) is 16.0 Å². The molecular formula is C18H10F3N3O5. The van der Waals surface area contributed by atoms with Gasteiger partial charge in [0, 0.05) is 17.7 Å². The number of anilines is 1. The molecular weight excluding hydrogens is 395 g/mol. The molecule has 2 heterocycles. The standard InChI is InChI=1S/C18H10F3N3O5/c19-18(20,21)11-3-1-2-4-12(11)23-16(25)13-14(22-29-15(13)17(23)26)9-5-7-10(8-6-9)24(27)28/h1-8,13,15H/t13-,15+/m0/s1. The van der Waals surface area contributed by atoms with Crippen LogP contribution in [0.1, 0.15) is 11.1 Å². The topological polar surface area (TPSA) is 102 Å². The van der Waals surface area contributed by atoms with Crippen LogP contribution in [-0.2, 0) is 20.6 Å². The lowest BCUT2D eigenvalue weighted by Crippen LogP contribution is -2.34. The van der Waals surface area contributed by atoms with Crippen LogP contribution in [-0.4, -0.2) is 28.6 Å². The Hall–Kier alpha value is -3.76. The summed E-state index contributed by atoms with van der Waals surface area (Å²) in [5.41, 5.74) is -1.60. The molecule has 2 amide bonds. The van der Waals surface area contributed by atoms with Crippen molar-refractivity contribution < 1.29 is 32.5 Å². The van der Waals surface area contributed by atoms with Gasteiger partial charge in [0.05, 0.1) is 16.2 Å². The Labute approximate surface area is 160 Å². The van der Waals surface area contributed by atoms with Gasteiger partial charge in [-0.3, -0.25) is 19.7 Å². The van der Waals surface area contributed by atoms with Crippen molar-refractivity contribution in [3.05, 3.63) is 69.8 Å². The molecule has 1 saturated heterocycles. The third kappa shape index (κ3) is 2.91. The van der Waals surface area contributed by atoms with Crippen molar-refractivity contribution in [3.63, 3.8) is 0 Å². The van der Waals surface area contributed by atoms with E-state index in [0.717, 1.165) is 18.2 Å². The zero-order valence-corrected chi connectivity index (χ0v) is 14.3. The molecule has 2 aliphatic heterocycles. The number of imide groups is 1. The van der Waals surface area contributed by atoms with Gasteiger partial charge in [-0.15, -0.1) is 0 Å². The quantitative estimate of drug-likeness (QED) is 0.444. The molecule has 0 aromatic heterocycles. The number of para-hydroxylation sites is 1. The SMILES string of the molecule is O=C1[C@H]2C(c3ccc([N+](=O)[O-])cc3)=NO[C@H]2C(=O)N1c1ccccc1C(F)(F)F. The summed E-state index contributed by atoms with van der Waals surface area (Å²) >= 11 is 0. The third-order valence-electron chi connectivity index (χ3n) is 4.64. The highest BCUT2D eigenvalue weighted by Crippen LogP contribution is 2.41. The van der Waals surface area contributed by atoms with Crippen LogP contribution in [0.3, 0.4) is 0 Å². The summed E-state index contributed by atoms with van der Waals surface area (Å²) in [6.45, 7) is 0. The number of nitrogens with zero attached hydrogens (tertiary/aromatic N) is 3. The number of hydrogen-bond acceptors (Lipinski definition) is 6. The summed E-state index contributed by atoms with van der Waals surface area (Å²) in [5, 5.41) is 14.5. The van der Waals surface area contributed by atoms with E-state index >= 15 is 0 Å². The zero-order valence-electron chi connectivity index (χ0n) is 14.3. The van der Waals surface area contributed by atoms with Crippen LogP contribution in [0.15, 0.2) is 53.7 Å². The Morgan fingerprint density at radius 2 is 1.69 bits per heavy atom. The predicted octanol–water partition coefficient (Wildman–Crippen LogP) is 2.91. The van der Waals surface area contributed by atoms with Gasteiger partial charge in [0.15, 0.2) is 0 Å². The molecule has 0 saturated carbocycles. The highest BCUT2D eigenvalue weighted by atomic mass is 19.4. The maximum atomic E-state index is 13.3. The van der Waals surface area contributed by atoms with Gasteiger partial charge in [-0.2, -0.15) is 13.2 Å². The number of carbonyl (C=O) groups excluding carboxylic acids is 2. The number of fused-ring (bicyclic) bond motifs is 1. The van der Waals surface area contributed by atoms with Gasteiger partial charge in [0.1, 0.15) is 11.6 Å². The molecule has 148 valence electrons. The van der Waals surface area contributed by atoms with Crippen LogP contribution < -0.4 is 4.90 Å². The smallest absolute Gasteiger partial charge is 0.381 e. The number of nitro benzene ring substituents is 1. The van der Waals surface area contributed by atoms with Gasteiger partial charge in [-0.05, 0) is 24.3 Å². The van der Waals surface area contributed by atoms with Gasteiger partial charge < -0.3 is 4.84 Å². The van der Waals surface area contributed by atoms with Crippen molar-refractivity contribution in [2.75, 3.05) is 4.90 Å². The number of nitro groups is 1. The summed E-state index contributed by atoms with van der Waals surface area (Å²) in [6.07, 6.45) is -6.17. The van der Waals surface area contributed by atoms with Crippen molar-refractivity contribution in [2.45, 2.75) is 12.3 Å². The summed E-state index contributed by atoms with van der Waals surface area (Å²) in [5.74, 6) is -3.12. The van der Waals surface area contributed by atoms with E-state index in [1.54, 1.807) is 0 Å². The van der Waals surface area contributed by atoms with Gasteiger partial charge in [0.25, 0.3) is 11.6 Å². The maximum absolute atomic E-state index is 13.3. The maximum Gasteiger partial charge on any atom is 0.418 e. The number of non-ortho nitro benzene ring substituents is 1. The van der Waals surface area contributed by atoms with Crippen LogP contribution >= 0.6 is 0 Å². The third-order valence-corrected chi connectivity index (χ3v) is 4.64. The first-order valence-corrected chi connectivity index (χ1v) is 8.22. The number of alkyl halides is 3. The van der Waals surface area contributed by atoms with E-state index in [0.29, 0.717) is 4.90 Å². The van der Waals surface area contributed by atoms with Gasteiger partial charge >= 0.3 is 6.18 Å². The van der Waals surface area contributed by atoms with Crippen molar-refractivity contribution in [1.82, 2.24) is 0 Å². The first kappa shape index (κ1) is 18.6. The number of benzene rings is 2. The summed E-state index contributed by atoms with van der Waals surface area (Å²) in [7, 11) is 0. The van der Waals surface area contributed by atoms with Gasteiger partial charge in [0.2, 0.25) is 12.0 Å². The number of halogens is 3. The molecule has 0 unspecified atom stereocenters. The molecule has 0 radical (unpaired) electrons. The van der Waals surface area contributed by atoms with E-state index in [4.69, 9.17) is 4.84 Å². The first-order valence-electron chi connectivity index (χ1n) is 8.22. The number of hydrogen-bond donors (Lipinski definition) is 0. The van der Waals surface area contributed by atoms with E-state index in [-0.39, 0.29) is 17.0 Å². The lowest BCUT2D eigenvalue weighted by Gasteiger charge is -2.20. The minimum absolute atomic E-state index is 0.0234. The van der Waals surface area contributed by atoms with Crippen LogP contribution in [0.25, 0.3) is 0 Å². The van der Waals surface area contributed by atoms with E-state index in [1.165, 1.54) is 30.3 Å². The molecule has 4 rings (SSSR count). The minimum Gasteiger partial charge on any atom is -0.381 e. The Morgan fingerprint density at radius 3 is 2.31 bits per heavy atom. The average molecular weight is 405 g/mol. The number of carbonyl (C=O) groups is 2. The molecule has 8 nitrogen and oxygen atoms in total. The van der Waals surface area contributed by atoms with Crippen molar-refractivity contribution in [1.29, 1.82) is 0 Å². The lowest BCUT2D eigenvalue weighted by atomic mass is 9.94. The summed E-state index contributed by atoms with van der Waals surface area (Å²) in [4.78, 5) is 41.2. The molecule has 0 bridgehead atoms. The minimum atomic E-state index is -4.77. The molecule has 2 atom stereocenters. The molecule has 0 aliphatic carbocycles. The monoisotopic (exact) mass is 405 g/mol. The van der Waals surface area contributed by atoms with Crippen molar-refractivity contribution >= 4 is 28.9 Å². The second kappa shape index (κ2) is 6.40. The molecule has 0 N–H and O–H groups in total. The molecule has 11 heteroatoms. The molecule has 2 aliphatic rings. The first-order chi connectivity index (χ1) is 13.7. The number of amides is 2. The molecule has 2 aromatic rings. The lowest BCUT2D eigenvalue weighted by molar-refractivity contribution is -0.384. The highest BCUT2D eigenvalue weighted by molar-refractivity contribution is 6.32. The Balaban J connectivity index is 1.71. The normalized spacial score (nSPS) is 21.1. The fraction of sp³-hybridized carbons (Fsp3) is 0.167. The predicted molar refractivity (Wildman–Crippen MR) is 91.9 cm³/mol. The van der Waals surface area contributed by atoms with E-state index in [1.807, 2.05) is 0 Å². The van der Waals surface area contributed by atoms with Crippen LogP contribution in [0.2, 0.25) is 0 Å². The second-order valence-corrected chi connectivity index (χ2v) is 6.31. The second-order valence-electron chi connectivity index (χ2n) is 6.31. The van der Waals surface area contributed by atoms with Crippen LogP contribution in [0.4, 0.5) is 24.5 Å². The fourth-order valence-corrected chi connectivity index (χ4v) is 3.32. The van der Waals surface area contributed by atoms with E-state index in [2.05, 4.69) is 5.16 Å². The van der Waals surface area contributed by atoms with Crippen LogP contribution in [0.5, 0.6) is 0 Å². The van der Waals surface area contributed by atoms with Crippen molar-refractivity contribution in [3.8, 4) is 0 Å². The Bertz CT molecular complexity index is 1070. The molecule has 2 aromatic carbocycles. The summed E-state index contributed by atoms with van der Waals surface area (Å²) in [6, 6.07) is 9.26. The van der Waals surface area contributed by atoms with E-state index in [9.17, 15) is 32.9 Å². The summed E-state index contributed by atoms with van der Waals surface area (Å²) < 4.78 is 40.0. The molecule has 0 spiro atoms. The Morgan fingerprint density at radius 1 is 1.03 bits per heavy atom.